The van der Waals surface area contributed by atoms with Gasteiger partial charge in [0.05, 0.1) is 18.3 Å². The second-order valence-corrected chi connectivity index (χ2v) is 3.79. The summed E-state index contributed by atoms with van der Waals surface area (Å²) in [6.45, 7) is 0.551. The number of ether oxygens (including phenoxy) is 1. The molecule has 4 heteroatoms. The molecule has 13 heavy (non-hydrogen) atoms. The third-order valence-corrected chi connectivity index (χ3v) is 2.87. The molecule has 3 atom stereocenters. The maximum Gasteiger partial charge on any atom is 0.124 e. The zero-order valence-corrected chi connectivity index (χ0v) is 7.52. The van der Waals surface area contributed by atoms with E-state index in [1.165, 1.54) is 0 Å². The number of rotatable bonds is 0. The van der Waals surface area contributed by atoms with Crippen molar-refractivity contribution in [1.82, 2.24) is 5.06 Å². The fraction of sp³-hybridized carbons (Fsp3) is 0.889. The van der Waals surface area contributed by atoms with Crippen LogP contribution in [0.3, 0.4) is 0 Å². The first kappa shape index (κ1) is 8.95. The van der Waals surface area contributed by atoms with Crippen LogP contribution < -0.4 is 0 Å². The van der Waals surface area contributed by atoms with E-state index in [-0.39, 0.29) is 12.1 Å². The zero-order chi connectivity index (χ0) is 9.26. The van der Waals surface area contributed by atoms with Gasteiger partial charge in [-0.3, -0.25) is 0 Å². The molecular weight excluding hydrogens is 168 g/mol. The van der Waals surface area contributed by atoms with Gasteiger partial charge in [-0.2, -0.15) is 10.3 Å². The second-order valence-electron chi connectivity index (χ2n) is 3.79. The topological polar surface area (TPSA) is 56.5 Å². The molecular formula is C9H14N2O2. The van der Waals surface area contributed by atoms with Gasteiger partial charge in [-0.25, -0.2) is 0 Å². The Morgan fingerprint density at radius 1 is 1.31 bits per heavy atom. The third kappa shape index (κ3) is 1.83. The lowest BCUT2D eigenvalue weighted by molar-refractivity contribution is -0.140. The van der Waals surface area contributed by atoms with Crippen molar-refractivity contribution in [2.24, 2.45) is 0 Å². The average Bonchev–Trinajstić information content (AvgIpc) is 2.57. The molecule has 2 saturated heterocycles. The summed E-state index contributed by atoms with van der Waals surface area (Å²) in [6, 6.07) is 1.72. The van der Waals surface area contributed by atoms with Gasteiger partial charge in [0.1, 0.15) is 6.04 Å². The van der Waals surface area contributed by atoms with E-state index < -0.39 is 0 Å². The molecule has 0 saturated carbocycles. The minimum atomic E-state index is -0.385. The highest BCUT2D eigenvalue weighted by Crippen LogP contribution is 2.28. The minimum Gasteiger partial charge on any atom is -0.375 e. The monoisotopic (exact) mass is 182 g/mol. The lowest BCUT2D eigenvalue weighted by atomic mass is 10.1. The number of nitriles is 1. The van der Waals surface area contributed by atoms with E-state index in [2.05, 4.69) is 6.07 Å². The molecule has 2 aliphatic rings. The molecule has 0 amide bonds. The van der Waals surface area contributed by atoms with Gasteiger partial charge in [0, 0.05) is 13.0 Å². The van der Waals surface area contributed by atoms with Crippen molar-refractivity contribution in [3.05, 3.63) is 0 Å². The van der Waals surface area contributed by atoms with Crippen LogP contribution in [0.4, 0.5) is 0 Å². The SMILES string of the molecule is N#CC1CC2CCC(CCN1O)O2. The van der Waals surface area contributed by atoms with E-state index >= 15 is 0 Å². The Bertz CT molecular complexity index is 226. The van der Waals surface area contributed by atoms with Crippen molar-refractivity contribution < 1.29 is 9.94 Å². The highest BCUT2D eigenvalue weighted by molar-refractivity contribution is 4.94. The predicted molar refractivity (Wildman–Crippen MR) is 45.0 cm³/mol. The molecule has 0 aromatic rings. The van der Waals surface area contributed by atoms with Gasteiger partial charge in [-0.1, -0.05) is 0 Å². The Labute approximate surface area is 77.7 Å². The van der Waals surface area contributed by atoms with Gasteiger partial charge in [0.15, 0.2) is 0 Å². The maximum atomic E-state index is 9.49. The first-order valence-corrected chi connectivity index (χ1v) is 4.80. The van der Waals surface area contributed by atoms with E-state index in [4.69, 9.17) is 10.00 Å². The van der Waals surface area contributed by atoms with Crippen molar-refractivity contribution in [1.29, 1.82) is 5.26 Å². The molecule has 4 nitrogen and oxygen atoms in total. The van der Waals surface area contributed by atoms with Crippen molar-refractivity contribution in [2.45, 2.75) is 43.9 Å². The summed E-state index contributed by atoms with van der Waals surface area (Å²) < 4.78 is 5.69. The van der Waals surface area contributed by atoms with Crippen LogP contribution in [0.25, 0.3) is 0 Å². The minimum absolute atomic E-state index is 0.185. The van der Waals surface area contributed by atoms with Gasteiger partial charge in [0.2, 0.25) is 0 Å². The number of hydrogen-bond donors (Lipinski definition) is 1. The van der Waals surface area contributed by atoms with Gasteiger partial charge in [-0.15, -0.1) is 0 Å². The number of hydrogen-bond acceptors (Lipinski definition) is 4. The maximum absolute atomic E-state index is 9.49. The second kappa shape index (κ2) is 3.62. The highest BCUT2D eigenvalue weighted by Gasteiger charge is 2.32. The molecule has 0 aliphatic carbocycles. The Kier molecular flexibility index (Phi) is 2.49. The Morgan fingerprint density at radius 2 is 2.08 bits per heavy atom. The summed E-state index contributed by atoms with van der Waals surface area (Å²) in [6.07, 6.45) is 4.09. The number of hydroxylamine groups is 2. The summed E-state index contributed by atoms with van der Waals surface area (Å²) in [5.74, 6) is 0. The third-order valence-electron chi connectivity index (χ3n) is 2.87. The normalized spacial score (nSPS) is 40.8. The molecule has 3 unspecified atom stereocenters. The molecule has 2 fully saturated rings. The van der Waals surface area contributed by atoms with Gasteiger partial charge in [-0.05, 0) is 19.3 Å². The van der Waals surface area contributed by atoms with Gasteiger partial charge >= 0.3 is 0 Å². The Morgan fingerprint density at radius 3 is 2.85 bits per heavy atom. The van der Waals surface area contributed by atoms with Crippen LogP contribution >= 0.6 is 0 Å². The standard InChI is InChI=1S/C9H14N2O2/c10-6-7-5-9-2-1-8(13-9)3-4-11(7)12/h7-9,12H,1-5H2. The van der Waals surface area contributed by atoms with Crippen LogP contribution in [-0.2, 0) is 4.74 Å². The van der Waals surface area contributed by atoms with E-state index in [1.54, 1.807) is 0 Å². The summed E-state index contributed by atoms with van der Waals surface area (Å²) in [7, 11) is 0. The highest BCUT2D eigenvalue weighted by atomic mass is 16.5. The predicted octanol–water partition coefficient (Wildman–Crippen LogP) is 0.911. The van der Waals surface area contributed by atoms with Gasteiger partial charge < -0.3 is 9.94 Å². The summed E-state index contributed by atoms with van der Waals surface area (Å²) in [4.78, 5) is 0. The van der Waals surface area contributed by atoms with Crippen LogP contribution in [0, 0.1) is 11.3 Å². The average molecular weight is 182 g/mol. The summed E-state index contributed by atoms with van der Waals surface area (Å²) in [5, 5.41) is 19.5. The molecule has 0 aromatic carbocycles. The van der Waals surface area contributed by atoms with Crippen LogP contribution in [0.15, 0.2) is 0 Å². The molecule has 2 heterocycles. The van der Waals surface area contributed by atoms with Crippen molar-refractivity contribution in [2.75, 3.05) is 6.54 Å². The molecule has 0 spiro atoms. The summed E-state index contributed by atoms with van der Waals surface area (Å²) >= 11 is 0. The van der Waals surface area contributed by atoms with Crippen LogP contribution in [-0.4, -0.2) is 35.1 Å². The molecule has 2 bridgehead atoms. The largest absolute Gasteiger partial charge is 0.375 e. The van der Waals surface area contributed by atoms with E-state index in [9.17, 15) is 5.21 Å². The molecule has 2 aliphatic heterocycles. The quantitative estimate of drug-likeness (QED) is 0.605. The molecule has 72 valence electrons. The molecule has 0 aromatic heterocycles. The first-order chi connectivity index (χ1) is 6.29. The Balaban J connectivity index is 2.04. The molecule has 0 radical (unpaired) electrons. The van der Waals surface area contributed by atoms with Crippen molar-refractivity contribution >= 4 is 0 Å². The van der Waals surface area contributed by atoms with Crippen LogP contribution in [0.2, 0.25) is 0 Å². The lowest BCUT2D eigenvalue weighted by Crippen LogP contribution is -2.38. The zero-order valence-electron chi connectivity index (χ0n) is 7.52. The fourth-order valence-electron chi connectivity index (χ4n) is 2.09. The molecule has 1 N–H and O–H groups in total. The number of nitrogens with zero attached hydrogens (tertiary/aromatic N) is 2. The number of fused-ring (bicyclic) bond motifs is 2. The van der Waals surface area contributed by atoms with E-state index in [0.29, 0.717) is 19.1 Å². The van der Waals surface area contributed by atoms with Crippen molar-refractivity contribution in [3.8, 4) is 6.07 Å². The first-order valence-electron chi connectivity index (χ1n) is 4.80. The lowest BCUT2D eigenvalue weighted by Gasteiger charge is -2.26. The summed E-state index contributed by atoms with van der Waals surface area (Å²) in [5.41, 5.74) is 0. The molecule has 2 rings (SSSR count). The van der Waals surface area contributed by atoms with E-state index in [1.807, 2.05) is 0 Å². The van der Waals surface area contributed by atoms with Gasteiger partial charge in [0.25, 0.3) is 0 Å². The van der Waals surface area contributed by atoms with Crippen LogP contribution in [0.5, 0.6) is 0 Å². The van der Waals surface area contributed by atoms with Crippen molar-refractivity contribution in [3.63, 3.8) is 0 Å². The van der Waals surface area contributed by atoms with E-state index in [0.717, 1.165) is 24.3 Å². The Hall–Kier alpha value is -0.630. The van der Waals surface area contributed by atoms with Crippen LogP contribution in [0.1, 0.15) is 25.7 Å². The smallest absolute Gasteiger partial charge is 0.124 e. The fourth-order valence-corrected chi connectivity index (χ4v) is 2.09.